The molecule has 2 nitrogen and oxygen atoms in total. The van der Waals surface area contributed by atoms with Crippen LogP contribution >= 0.6 is 11.3 Å². The molecule has 1 aliphatic rings. The lowest BCUT2D eigenvalue weighted by atomic mass is 10.0. The molecule has 3 heteroatoms. The molecule has 2 atom stereocenters. The smallest absolute Gasteiger partial charge is 0.0476 e. The normalized spacial score (nSPS) is 22.8. The van der Waals surface area contributed by atoms with Gasteiger partial charge in [0, 0.05) is 23.5 Å². The van der Waals surface area contributed by atoms with Gasteiger partial charge in [-0.1, -0.05) is 30.3 Å². The molecule has 0 spiro atoms. The van der Waals surface area contributed by atoms with Crippen molar-refractivity contribution in [2.45, 2.75) is 32.0 Å². The highest BCUT2D eigenvalue weighted by atomic mass is 32.1. The maximum Gasteiger partial charge on any atom is 0.0476 e. The third kappa shape index (κ3) is 2.89. The van der Waals surface area contributed by atoms with Crippen LogP contribution in [-0.2, 0) is 6.54 Å². The molecular weight excluding hydrogens is 252 g/mol. The van der Waals surface area contributed by atoms with Crippen molar-refractivity contribution in [2.24, 2.45) is 0 Å². The minimum absolute atomic E-state index is 0.446. The molecule has 0 radical (unpaired) electrons. The second-order valence-corrected chi connectivity index (χ2v) is 6.15. The summed E-state index contributed by atoms with van der Waals surface area (Å²) in [5.41, 5.74) is 2.79. The van der Waals surface area contributed by atoms with Gasteiger partial charge in [-0.3, -0.25) is 0 Å². The van der Waals surface area contributed by atoms with Crippen molar-refractivity contribution >= 4 is 11.3 Å². The molecular formula is C16H20N2S. The Morgan fingerprint density at radius 3 is 2.84 bits per heavy atom. The molecule has 1 aromatic heterocycles. The van der Waals surface area contributed by atoms with E-state index in [9.17, 15) is 0 Å². The predicted octanol–water partition coefficient (Wildman–Crippen LogP) is 3.25. The van der Waals surface area contributed by atoms with Crippen LogP contribution in [0.5, 0.6) is 0 Å². The summed E-state index contributed by atoms with van der Waals surface area (Å²) < 4.78 is 0. The van der Waals surface area contributed by atoms with Gasteiger partial charge in [-0.25, -0.2) is 0 Å². The van der Waals surface area contributed by atoms with Crippen LogP contribution in [0.2, 0.25) is 0 Å². The molecule has 0 saturated carbocycles. The Kier molecular flexibility index (Phi) is 3.97. The maximum atomic E-state index is 3.72. The van der Waals surface area contributed by atoms with E-state index in [1.807, 2.05) is 11.3 Å². The van der Waals surface area contributed by atoms with Gasteiger partial charge in [-0.15, -0.1) is 11.3 Å². The Morgan fingerprint density at radius 2 is 2.11 bits per heavy atom. The maximum absolute atomic E-state index is 3.72. The SMILES string of the molecule is Cc1ccsc1CNC1CCNC1c1ccccc1. The lowest BCUT2D eigenvalue weighted by Gasteiger charge is -2.21. The fourth-order valence-electron chi connectivity index (χ4n) is 2.74. The quantitative estimate of drug-likeness (QED) is 0.893. The molecule has 2 aromatic rings. The van der Waals surface area contributed by atoms with Crippen molar-refractivity contribution in [3.63, 3.8) is 0 Å². The van der Waals surface area contributed by atoms with Crippen LogP contribution in [-0.4, -0.2) is 12.6 Å². The zero-order valence-electron chi connectivity index (χ0n) is 11.2. The van der Waals surface area contributed by atoms with Crippen molar-refractivity contribution in [1.29, 1.82) is 0 Å². The van der Waals surface area contributed by atoms with Crippen LogP contribution in [0, 0.1) is 6.92 Å². The van der Waals surface area contributed by atoms with Crippen molar-refractivity contribution in [3.8, 4) is 0 Å². The standard InChI is InChI=1S/C16H20N2S/c1-12-8-10-19-15(12)11-18-14-7-9-17-16(14)13-5-3-2-4-6-13/h2-6,8,10,14,16-18H,7,9,11H2,1H3. The van der Waals surface area contributed by atoms with E-state index in [2.05, 4.69) is 59.3 Å². The van der Waals surface area contributed by atoms with Crippen molar-refractivity contribution in [1.82, 2.24) is 10.6 Å². The second-order valence-electron chi connectivity index (χ2n) is 5.15. The van der Waals surface area contributed by atoms with Gasteiger partial charge in [-0.05, 0) is 42.5 Å². The van der Waals surface area contributed by atoms with E-state index in [1.165, 1.54) is 22.4 Å². The second kappa shape index (κ2) is 5.87. The highest BCUT2D eigenvalue weighted by Gasteiger charge is 2.27. The zero-order chi connectivity index (χ0) is 13.1. The van der Waals surface area contributed by atoms with E-state index in [-0.39, 0.29) is 0 Å². The van der Waals surface area contributed by atoms with Gasteiger partial charge < -0.3 is 10.6 Å². The highest BCUT2D eigenvalue weighted by molar-refractivity contribution is 7.10. The first-order valence-electron chi connectivity index (χ1n) is 6.89. The third-order valence-corrected chi connectivity index (χ3v) is 4.90. The summed E-state index contributed by atoms with van der Waals surface area (Å²) >= 11 is 1.85. The van der Waals surface area contributed by atoms with E-state index in [1.54, 1.807) is 0 Å². The number of hydrogen-bond acceptors (Lipinski definition) is 3. The lowest BCUT2D eigenvalue weighted by molar-refractivity contribution is 0.462. The summed E-state index contributed by atoms with van der Waals surface area (Å²) in [5, 5.41) is 9.50. The molecule has 2 heterocycles. The molecule has 1 aromatic carbocycles. The summed E-state index contributed by atoms with van der Waals surface area (Å²) in [5.74, 6) is 0. The van der Waals surface area contributed by atoms with Gasteiger partial charge in [0.05, 0.1) is 0 Å². The van der Waals surface area contributed by atoms with E-state index in [0.717, 1.165) is 13.1 Å². The monoisotopic (exact) mass is 272 g/mol. The number of rotatable bonds is 4. The molecule has 2 unspecified atom stereocenters. The largest absolute Gasteiger partial charge is 0.309 e. The molecule has 0 amide bonds. The Bertz CT molecular complexity index is 521. The van der Waals surface area contributed by atoms with Gasteiger partial charge in [-0.2, -0.15) is 0 Å². The summed E-state index contributed by atoms with van der Waals surface area (Å²) in [7, 11) is 0. The number of hydrogen-bond donors (Lipinski definition) is 2. The molecule has 19 heavy (non-hydrogen) atoms. The Hall–Kier alpha value is -1.16. The van der Waals surface area contributed by atoms with E-state index >= 15 is 0 Å². The Labute approximate surface area is 118 Å². The molecule has 0 aliphatic carbocycles. The Morgan fingerprint density at radius 1 is 1.26 bits per heavy atom. The first-order valence-corrected chi connectivity index (χ1v) is 7.77. The first-order chi connectivity index (χ1) is 9.34. The molecule has 0 bridgehead atoms. The fourth-order valence-corrected chi connectivity index (χ4v) is 3.60. The molecule has 1 fully saturated rings. The summed E-state index contributed by atoms with van der Waals surface area (Å²) in [6.45, 7) is 4.27. The van der Waals surface area contributed by atoms with Crippen LogP contribution in [0.1, 0.15) is 28.5 Å². The van der Waals surface area contributed by atoms with Gasteiger partial charge in [0.2, 0.25) is 0 Å². The van der Waals surface area contributed by atoms with Gasteiger partial charge in [0.15, 0.2) is 0 Å². The fraction of sp³-hybridized carbons (Fsp3) is 0.375. The molecule has 100 valence electrons. The highest BCUT2D eigenvalue weighted by Crippen LogP contribution is 2.24. The van der Waals surface area contributed by atoms with E-state index in [0.29, 0.717) is 12.1 Å². The number of benzene rings is 1. The molecule has 3 rings (SSSR count). The summed E-state index contributed by atoms with van der Waals surface area (Å²) in [6, 6.07) is 13.9. The van der Waals surface area contributed by atoms with Crippen LogP contribution in [0.25, 0.3) is 0 Å². The third-order valence-electron chi connectivity index (χ3n) is 3.87. The first kappa shape index (κ1) is 12.9. The Balaban J connectivity index is 1.66. The number of aryl methyl sites for hydroxylation is 1. The van der Waals surface area contributed by atoms with E-state index < -0.39 is 0 Å². The summed E-state index contributed by atoms with van der Waals surface area (Å²) in [4.78, 5) is 1.46. The van der Waals surface area contributed by atoms with Crippen molar-refractivity contribution in [2.75, 3.05) is 6.54 Å². The van der Waals surface area contributed by atoms with Crippen LogP contribution in [0.15, 0.2) is 41.8 Å². The van der Waals surface area contributed by atoms with Crippen LogP contribution in [0.4, 0.5) is 0 Å². The van der Waals surface area contributed by atoms with Gasteiger partial charge >= 0.3 is 0 Å². The number of thiophene rings is 1. The van der Waals surface area contributed by atoms with Gasteiger partial charge in [0.25, 0.3) is 0 Å². The summed E-state index contributed by atoms with van der Waals surface area (Å²) in [6.07, 6.45) is 1.20. The average molecular weight is 272 g/mol. The molecule has 1 aliphatic heterocycles. The minimum Gasteiger partial charge on any atom is -0.309 e. The minimum atomic E-state index is 0.446. The lowest BCUT2D eigenvalue weighted by Crippen LogP contribution is -2.33. The topological polar surface area (TPSA) is 24.1 Å². The number of nitrogens with one attached hydrogen (secondary N) is 2. The van der Waals surface area contributed by atoms with E-state index in [4.69, 9.17) is 0 Å². The van der Waals surface area contributed by atoms with Gasteiger partial charge in [0.1, 0.15) is 0 Å². The van der Waals surface area contributed by atoms with Crippen LogP contribution in [0.3, 0.4) is 0 Å². The van der Waals surface area contributed by atoms with Crippen LogP contribution < -0.4 is 10.6 Å². The molecule has 2 N–H and O–H groups in total. The average Bonchev–Trinajstić information content (AvgIpc) is 3.06. The van der Waals surface area contributed by atoms with Crippen molar-refractivity contribution < 1.29 is 0 Å². The van der Waals surface area contributed by atoms with Crippen molar-refractivity contribution in [3.05, 3.63) is 57.8 Å². The zero-order valence-corrected chi connectivity index (χ0v) is 12.0. The predicted molar refractivity (Wildman–Crippen MR) is 81.5 cm³/mol. The molecule has 1 saturated heterocycles.